The van der Waals surface area contributed by atoms with Crippen LogP contribution in [0.4, 0.5) is 24.8 Å². The van der Waals surface area contributed by atoms with Crippen molar-refractivity contribution < 1.29 is 13.2 Å². The molecule has 142 valence electrons. The number of anilines is 2. The van der Waals surface area contributed by atoms with Crippen LogP contribution in [0.1, 0.15) is 18.1 Å². The molecule has 0 unspecified atom stereocenters. The molecule has 2 N–H and O–H groups in total. The number of fused-ring (bicyclic) bond motifs is 1. The fourth-order valence-electron chi connectivity index (χ4n) is 3.00. The lowest BCUT2D eigenvalue weighted by atomic mass is 10.1. The Labute approximate surface area is 158 Å². The number of para-hydroxylation sites is 1. The van der Waals surface area contributed by atoms with E-state index in [2.05, 4.69) is 25.5 Å². The molecule has 28 heavy (non-hydrogen) atoms. The van der Waals surface area contributed by atoms with Crippen LogP contribution in [-0.2, 0) is 12.6 Å². The third kappa shape index (κ3) is 3.28. The van der Waals surface area contributed by atoms with Crippen molar-refractivity contribution in [3.8, 4) is 11.4 Å². The van der Waals surface area contributed by atoms with Crippen LogP contribution in [-0.4, -0.2) is 20.2 Å². The first-order valence-electron chi connectivity index (χ1n) is 8.70. The van der Waals surface area contributed by atoms with Gasteiger partial charge < -0.3 is 5.32 Å². The molecule has 0 saturated carbocycles. The van der Waals surface area contributed by atoms with Crippen molar-refractivity contribution in [1.82, 2.24) is 20.2 Å². The fourth-order valence-corrected chi connectivity index (χ4v) is 3.00. The number of nitrogens with zero attached hydrogens (tertiary/aromatic N) is 3. The van der Waals surface area contributed by atoms with E-state index in [0.717, 1.165) is 22.5 Å². The van der Waals surface area contributed by atoms with Crippen LogP contribution in [0.5, 0.6) is 0 Å². The first-order chi connectivity index (χ1) is 13.5. The molecule has 0 fully saturated rings. The van der Waals surface area contributed by atoms with E-state index < -0.39 is 11.7 Å². The monoisotopic (exact) mass is 383 g/mol. The highest BCUT2D eigenvalue weighted by molar-refractivity contribution is 5.91. The van der Waals surface area contributed by atoms with E-state index >= 15 is 0 Å². The molecular weight excluding hydrogens is 367 g/mol. The molecule has 8 heteroatoms. The predicted octanol–water partition coefficient (Wildman–Crippen LogP) is 5.34. The Morgan fingerprint density at radius 2 is 1.75 bits per heavy atom. The number of benzene rings is 2. The SMILES string of the molecule is CCc1cnc(-c2ccccc2C(F)(F)F)nc1Nc1n[nH]c2ccccc12. The Hall–Kier alpha value is -3.42. The minimum Gasteiger partial charge on any atom is -0.323 e. The lowest BCUT2D eigenvalue weighted by Gasteiger charge is -2.14. The van der Waals surface area contributed by atoms with Gasteiger partial charge in [-0.05, 0) is 24.6 Å². The average molecular weight is 383 g/mol. The lowest BCUT2D eigenvalue weighted by molar-refractivity contribution is -0.137. The van der Waals surface area contributed by atoms with Crippen molar-refractivity contribution in [3.05, 3.63) is 65.9 Å². The first-order valence-corrected chi connectivity index (χ1v) is 8.70. The molecule has 2 heterocycles. The van der Waals surface area contributed by atoms with Gasteiger partial charge in [-0.1, -0.05) is 37.3 Å². The summed E-state index contributed by atoms with van der Waals surface area (Å²) in [6.07, 6.45) is -2.33. The van der Waals surface area contributed by atoms with Crippen molar-refractivity contribution in [2.24, 2.45) is 0 Å². The number of aryl methyl sites for hydroxylation is 1. The van der Waals surface area contributed by atoms with Crippen molar-refractivity contribution in [2.75, 3.05) is 5.32 Å². The molecule has 0 aliphatic carbocycles. The van der Waals surface area contributed by atoms with Crippen LogP contribution in [0.2, 0.25) is 0 Å². The van der Waals surface area contributed by atoms with E-state index in [4.69, 9.17) is 0 Å². The average Bonchev–Trinajstić information content (AvgIpc) is 3.10. The minimum atomic E-state index is -4.49. The molecule has 0 spiro atoms. The van der Waals surface area contributed by atoms with E-state index in [1.165, 1.54) is 18.2 Å². The zero-order valence-corrected chi connectivity index (χ0v) is 14.9. The second-order valence-electron chi connectivity index (χ2n) is 6.21. The maximum Gasteiger partial charge on any atom is 0.417 e. The van der Waals surface area contributed by atoms with Crippen LogP contribution in [0.3, 0.4) is 0 Å². The Kier molecular flexibility index (Phi) is 4.46. The zero-order valence-electron chi connectivity index (χ0n) is 14.9. The number of rotatable bonds is 4. The summed E-state index contributed by atoms with van der Waals surface area (Å²) in [4.78, 5) is 8.56. The van der Waals surface area contributed by atoms with Gasteiger partial charge in [-0.15, -0.1) is 0 Å². The molecule has 0 radical (unpaired) electrons. The second kappa shape index (κ2) is 6.95. The minimum absolute atomic E-state index is 0.00691. The van der Waals surface area contributed by atoms with Gasteiger partial charge in [0.2, 0.25) is 0 Å². The molecule has 0 atom stereocenters. The van der Waals surface area contributed by atoms with E-state index in [1.54, 1.807) is 6.20 Å². The molecule has 0 amide bonds. The van der Waals surface area contributed by atoms with Gasteiger partial charge in [0.15, 0.2) is 11.6 Å². The largest absolute Gasteiger partial charge is 0.417 e. The molecule has 2 aromatic heterocycles. The van der Waals surface area contributed by atoms with Gasteiger partial charge in [-0.2, -0.15) is 18.3 Å². The summed E-state index contributed by atoms with van der Waals surface area (Å²) in [7, 11) is 0. The summed E-state index contributed by atoms with van der Waals surface area (Å²) in [6, 6.07) is 12.8. The quantitative estimate of drug-likeness (QED) is 0.499. The van der Waals surface area contributed by atoms with E-state index in [1.807, 2.05) is 31.2 Å². The number of aromatic nitrogens is 4. The molecule has 2 aromatic carbocycles. The highest BCUT2D eigenvalue weighted by Crippen LogP contribution is 2.36. The van der Waals surface area contributed by atoms with Crippen molar-refractivity contribution in [2.45, 2.75) is 19.5 Å². The second-order valence-corrected chi connectivity index (χ2v) is 6.21. The third-order valence-corrected chi connectivity index (χ3v) is 4.43. The molecule has 4 aromatic rings. The number of aromatic amines is 1. The van der Waals surface area contributed by atoms with Crippen LogP contribution in [0.25, 0.3) is 22.3 Å². The Bertz CT molecular complexity index is 1130. The Balaban J connectivity index is 1.80. The van der Waals surface area contributed by atoms with Gasteiger partial charge in [0, 0.05) is 22.7 Å². The van der Waals surface area contributed by atoms with Crippen LogP contribution in [0.15, 0.2) is 54.7 Å². The number of halogens is 3. The fraction of sp³-hybridized carbons (Fsp3) is 0.150. The van der Waals surface area contributed by atoms with E-state index in [-0.39, 0.29) is 11.4 Å². The van der Waals surface area contributed by atoms with Gasteiger partial charge in [-0.3, -0.25) is 5.10 Å². The molecule has 4 rings (SSSR count). The first kappa shape index (κ1) is 18.0. The molecule has 0 aliphatic heterocycles. The smallest absolute Gasteiger partial charge is 0.323 e. The third-order valence-electron chi connectivity index (χ3n) is 4.43. The summed E-state index contributed by atoms with van der Waals surface area (Å²) < 4.78 is 40.1. The number of nitrogens with one attached hydrogen (secondary N) is 2. The maximum atomic E-state index is 13.4. The van der Waals surface area contributed by atoms with E-state index in [9.17, 15) is 13.2 Å². The molecule has 0 bridgehead atoms. The summed E-state index contributed by atoms with van der Waals surface area (Å²) in [6.45, 7) is 1.93. The van der Waals surface area contributed by atoms with Gasteiger partial charge in [0.25, 0.3) is 0 Å². The maximum absolute atomic E-state index is 13.4. The summed E-state index contributed by atoms with van der Waals surface area (Å²) in [5.41, 5.74) is 0.795. The van der Waals surface area contributed by atoms with Crippen molar-refractivity contribution >= 4 is 22.5 Å². The van der Waals surface area contributed by atoms with Gasteiger partial charge in [-0.25, -0.2) is 9.97 Å². The summed E-state index contributed by atoms with van der Waals surface area (Å²) >= 11 is 0. The molecular formula is C20H16F3N5. The summed E-state index contributed by atoms with van der Waals surface area (Å²) in [5, 5.41) is 11.2. The van der Waals surface area contributed by atoms with E-state index in [0.29, 0.717) is 18.1 Å². The standard InChI is InChI=1S/C20H16F3N5/c1-2-12-11-24-18(13-7-3-5-9-15(13)20(21,22)23)25-17(12)26-19-14-8-4-6-10-16(14)27-28-19/h3-11H,2H2,1H3,(H2,24,25,26,27,28). The Morgan fingerprint density at radius 1 is 1.00 bits per heavy atom. The Morgan fingerprint density at radius 3 is 2.54 bits per heavy atom. The number of H-pyrrole nitrogens is 1. The molecule has 0 aliphatic rings. The number of hydrogen-bond donors (Lipinski definition) is 2. The van der Waals surface area contributed by atoms with Crippen molar-refractivity contribution in [1.29, 1.82) is 0 Å². The number of hydrogen-bond acceptors (Lipinski definition) is 4. The lowest BCUT2D eigenvalue weighted by Crippen LogP contribution is -2.09. The predicted molar refractivity (Wildman–Crippen MR) is 101 cm³/mol. The molecule has 0 saturated heterocycles. The van der Waals surface area contributed by atoms with Gasteiger partial charge >= 0.3 is 6.18 Å². The number of alkyl halides is 3. The van der Waals surface area contributed by atoms with Crippen LogP contribution >= 0.6 is 0 Å². The van der Waals surface area contributed by atoms with Gasteiger partial charge in [0.1, 0.15) is 5.82 Å². The van der Waals surface area contributed by atoms with Crippen LogP contribution in [0, 0.1) is 0 Å². The normalized spacial score (nSPS) is 11.7. The highest BCUT2D eigenvalue weighted by atomic mass is 19.4. The zero-order chi connectivity index (χ0) is 19.7. The van der Waals surface area contributed by atoms with Gasteiger partial charge in [0.05, 0.1) is 11.1 Å². The van der Waals surface area contributed by atoms with Crippen molar-refractivity contribution in [3.63, 3.8) is 0 Å². The summed E-state index contributed by atoms with van der Waals surface area (Å²) in [5.74, 6) is 0.994. The highest BCUT2D eigenvalue weighted by Gasteiger charge is 2.34. The molecule has 5 nitrogen and oxygen atoms in total. The van der Waals surface area contributed by atoms with Crippen LogP contribution < -0.4 is 5.32 Å². The topological polar surface area (TPSA) is 66.5 Å².